The van der Waals surface area contributed by atoms with Gasteiger partial charge in [0.25, 0.3) is 0 Å². The first-order valence-electron chi connectivity index (χ1n) is 18.6. The Balaban J connectivity index is 2.88. The van der Waals surface area contributed by atoms with E-state index in [1.165, 1.54) is 4.31 Å². The van der Waals surface area contributed by atoms with Gasteiger partial charge in [-0.15, -0.1) is 0 Å². The van der Waals surface area contributed by atoms with Crippen LogP contribution >= 0.6 is 0 Å². The van der Waals surface area contributed by atoms with Gasteiger partial charge in [0.15, 0.2) is 16.6 Å². The average molecular weight is 752 g/mol. The fraction of sp³-hybridized carbons (Fsp3) is 0.674. The van der Waals surface area contributed by atoms with Crippen molar-refractivity contribution in [3.8, 4) is 47.4 Å². The van der Waals surface area contributed by atoms with Crippen molar-refractivity contribution in [2.24, 2.45) is 10.8 Å². The summed E-state index contributed by atoms with van der Waals surface area (Å²) < 4.78 is 41.1. The molecule has 1 aromatic carbocycles. The first-order valence-corrected chi connectivity index (χ1v) is 25.8. The van der Waals surface area contributed by atoms with E-state index >= 15 is 0 Å². The molecule has 1 rings (SSSR count). The second-order valence-electron chi connectivity index (χ2n) is 18.1. The quantitative estimate of drug-likeness (QED) is 0.0959. The van der Waals surface area contributed by atoms with Crippen molar-refractivity contribution in [1.82, 2.24) is 4.31 Å². The monoisotopic (exact) mass is 751 g/mol. The molecule has 0 saturated heterocycles. The molecule has 8 heteroatoms. The topological polar surface area (TPSA) is 55.8 Å². The van der Waals surface area contributed by atoms with Crippen molar-refractivity contribution in [3.63, 3.8) is 0 Å². The fourth-order valence-electron chi connectivity index (χ4n) is 4.38. The summed E-state index contributed by atoms with van der Waals surface area (Å²) in [5.74, 6) is 24.2. The Morgan fingerprint density at radius 2 is 0.980 bits per heavy atom. The molecule has 0 radical (unpaired) electrons. The predicted octanol–water partition coefficient (Wildman–Crippen LogP) is 10.4. The zero-order chi connectivity index (χ0) is 39.2. The second-order valence-corrected chi connectivity index (χ2v) is 29.6. The SMILES string of the molecule is Cc1ccc(S(=O)(=O)N(CC#CC#CC(C)(C)CCCCO[Si](C)(C)C(C)(C)C)CC#CC#CC(C)(C)CCCCO[Si](C)(C)C(C)(C)C)cc1. The van der Waals surface area contributed by atoms with Crippen molar-refractivity contribution in [3.05, 3.63) is 29.8 Å². The van der Waals surface area contributed by atoms with Crippen LogP contribution in [0.25, 0.3) is 0 Å². The molecule has 0 aliphatic carbocycles. The third kappa shape index (κ3) is 17.4. The molecule has 0 atom stereocenters. The van der Waals surface area contributed by atoms with Crippen molar-refractivity contribution >= 4 is 26.7 Å². The Morgan fingerprint density at radius 3 is 1.33 bits per heavy atom. The molecule has 0 aliphatic rings. The van der Waals surface area contributed by atoms with Crippen LogP contribution < -0.4 is 0 Å². The standard InChI is InChI=1S/C43H69NO4SSi2/c1-38-26-28-39(29-27-38)49(45,46)44(34-22-16-18-30-42(8,9)32-20-24-36-47-50(12,13)40(2,3)4)35-23-17-19-31-43(10,11)33-21-25-37-48-51(14,15)41(5,6)7/h26-29H,20-21,24-25,32-37H2,1-15H3. The fourth-order valence-corrected chi connectivity index (χ4v) is 7.80. The summed E-state index contributed by atoms with van der Waals surface area (Å²) in [6.07, 6.45) is 5.94. The highest BCUT2D eigenvalue weighted by molar-refractivity contribution is 7.89. The number of rotatable bonds is 16. The van der Waals surface area contributed by atoms with Gasteiger partial charge in [-0.3, -0.25) is 0 Å². The Bertz CT molecular complexity index is 1530. The van der Waals surface area contributed by atoms with Crippen LogP contribution in [-0.4, -0.2) is 55.7 Å². The van der Waals surface area contributed by atoms with E-state index in [0.717, 1.165) is 57.3 Å². The average Bonchev–Trinajstić information content (AvgIpc) is 2.98. The van der Waals surface area contributed by atoms with Gasteiger partial charge in [0.2, 0.25) is 10.0 Å². The van der Waals surface area contributed by atoms with Gasteiger partial charge in [-0.1, -0.05) is 82.9 Å². The molecule has 0 N–H and O–H groups in total. The maximum Gasteiger partial charge on any atom is 0.244 e. The smallest absolute Gasteiger partial charge is 0.244 e. The summed E-state index contributed by atoms with van der Waals surface area (Å²) in [6.45, 7) is 34.6. The summed E-state index contributed by atoms with van der Waals surface area (Å²) in [6, 6.07) is 6.83. The number of unbranched alkanes of at least 4 members (excludes halogenated alkanes) is 2. The minimum atomic E-state index is -3.81. The lowest BCUT2D eigenvalue weighted by Gasteiger charge is -2.36. The molecule has 0 spiro atoms. The number of aryl methyl sites for hydroxylation is 1. The maximum absolute atomic E-state index is 13.6. The normalized spacial score (nSPS) is 12.9. The largest absolute Gasteiger partial charge is 0.417 e. The van der Waals surface area contributed by atoms with E-state index < -0.39 is 26.7 Å². The molecular formula is C43H69NO4SSi2. The zero-order valence-electron chi connectivity index (χ0n) is 34.9. The maximum atomic E-state index is 13.6. The first kappa shape index (κ1) is 46.7. The van der Waals surface area contributed by atoms with Crippen LogP contribution in [0.5, 0.6) is 0 Å². The Kier molecular flexibility index (Phi) is 18.1. The van der Waals surface area contributed by atoms with Crippen molar-refractivity contribution < 1.29 is 17.3 Å². The molecule has 0 aromatic heterocycles. The lowest BCUT2D eigenvalue weighted by atomic mass is 9.88. The minimum absolute atomic E-state index is 0.0132. The summed E-state index contributed by atoms with van der Waals surface area (Å²) in [7, 11) is -7.26. The van der Waals surface area contributed by atoms with Crippen molar-refractivity contribution in [1.29, 1.82) is 0 Å². The molecule has 0 unspecified atom stereocenters. The van der Waals surface area contributed by atoms with Crippen LogP contribution in [0.1, 0.15) is 113 Å². The van der Waals surface area contributed by atoms with Crippen LogP contribution in [0.2, 0.25) is 36.3 Å². The molecule has 0 saturated carbocycles. The van der Waals surface area contributed by atoms with Crippen molar-refractivity contribution in [2.45, 2.75) is 156 Å². The summed E-state index contributed by atoms with van der Waals surface area (Å²) >= 11 is 0. The first-order chi connectivity index (χ1) is 23.2. The number of hydrogen-bond acceptors (Lipinski definition) is 4. The van der Waals surface area contributed by atoms with Crippen LogP contribution in [0.4, 0.5) is 0 Å². The highest BCUT2D eigenvalue weighted by Gasteiger charge is 2.37. The van der Waals surface area contributed by atoms with Gasteiger partial charge in [-0.2, -0.15) is 4.31 Å². The van der Waals surface area contributed by atoms with Crippen LogP contribution in [0, 0.1) is 65.1 Å². The van der Waals surface area contributed by atoms with Gasteiger partial charge in [0, 0.05) is 24.0 Å². The lowest BCUT2D eigenvalue weighted by molar-refractivity contribution is 0.270. The van der Waals surface area contributed by atoms with Crippen molar-refractivity contribution in [2.75, 3.05) is 26.3 Å². The Morgan fingerprint density at radius 1 is 0.608 bits per heavy atom. The summed E-state index contributed by atoms with van der Waals surface area (Å²) in [4.78, 5) is 0.214. The third-order valence-corrected chi connectivity index (χ3v) is 21.1. The highest BCUT2D eigenvalue weighted by Crippen LogP contribution is 2.37. The van der Waals surface area contributed by atoms with Gasteiger partial charge < -0.3 is 8.85 Å². The van der Waals surface area contributed by atoms with E-state index in [-0.39, 0.29) is 38.9 Å². The van der Waals surface area contributed by atoms with E-state index in [1.54, 1.807) is 24.3 Å². The lowest BCUT2D eigenvalue weighted by Crippen LogP contribution is -2.40. The third-order valence-electron chi connectivity index (χ3n) is 10.2. The van der Waals surface area contributed by atoms with Gasteiger partial charge in [0.1, 0.15) is 0 Å². The van der Waals surface area contributed by atoms with E-state index in [2.05, 4.69) is 143 Å². The molecular weight excluding hydrogens is 683 g/mol. The Labute approximate surface area is 317 Å². The molecule has 0 bridgehead atoms. The van der Waals surface area contributed by atoms with Gasteiger partial charge in [-0.25, -0.2) is 8.42 Å². The number of benzene rings is 1. The van der Waals surface area contributed by atoms with E-state index in [9.17, 15) is 8.42 Å². The van der Waals surface area contributed by atoms with Crippen LogP contribution in [0.3, 0.4) is 0 Å². The van der Waals surface area contributed by atoms with Crippen LogP contribution in [-0.2, 0) is 18.9 Å². The number of sulfonamides is 1. The molecule has 0 aliphatic heterocycles. The van der Waals surface area contributed by atoms with Gasteiger partial charge in [-0.05, 0) is 145 Å². The molecule has 5 nitrogen and oxygen atoms in total. The van der Waals surface area contributed by atoms with E-state index in [1.807, 2.05) is 6.92 Å². The van der Waals surface area contributed by atoms with Gasteiger partial charge in [0.05, 0.1) is 18.0 Å². The molecule has 0 fully saturated rings. The number of nitrogens with zero attached hydrogens (tertiary/aromatic N) is 1. The summed E-state index contributed by atoms with van der Waals surface area (Å²) in [5.41, 5.74) is 0.591. The highest BCUT2D eigenvalue weighted by atomic mass is 32.2. The predicted molar refractivity (Wildman–Crippen MR) is 223 cm³/mol. The molecule has 0 heterocycles. The minimum Gasteiger partial charge on any atom is -0.417 e. The van der Waals surface area contributed by atoms with E-state index in [0.29, 0.717) is 0 Å². The zero-order valence-corrected chi connectivity index (χ0v) is 37.7. The molecule has 51 heavy (non-hydrogen) atoms. The second kappa shape index (κ2) is 19.7. The Hall–Kier alpha value is -2.28. The number of hydrogen-bond donors (Lipinski definition) is 0. The molecule has 284 valence electrons. The molecule has 0 amide bonds. The van der Waals surface area contributed by atoms with E-state index in [4.69, 9.17) is 8.85 Å². The van der Waals surface area contributed by atoms with Crippen LogP contribution in [0.15, 0.2) is 29.2 Å². The van der Waals surface area contributed by atoms with Gasteiger partial charge >= 0.3 is 0 Å². The summed E-state index contributed by atoms with van der Waals surface area (Å²) in [5, 5.41) is 0.425. The molecule has 1 aromatic rings.